The first-order valence-electron chi connectivity index (χ1n) is 9.07. The highest BCUT2D eigenvalue weighted by atomic mass is 16.3. The van der Waals surface area contributed by atoms with Crippen LogP contribution in [0.4, 0.5) is 0 Å². The molecule has 3 rings (SSSR count). The van der Waals surface area contributed by atoms with Crippen molar-refractivity contribution in [3.8, 4) is 5.69 Å². The van der Waals surface area contributed by atoms with Gasteiger partial charge in [0.2, 0.25) is 0 Å². The number of benzene rings is 1. The van der Waals surface area contributed by atoms with Crippen LogP contribution in [0, 0.1) is 5.92 Å². The van der Waals surface area contributed by atoms with Gasteiger partial charge in [0.25, 0.3) is 5.91 Å². The Hall–Kier alpha value is -2.70. The highest BCUT2D eigenvalue weighted by molar-refractivity contribution is 5.94. The molecule has 1 aliphatic carbocycles. The molecule has 0 saturated heterocycles. The molecule has 7 heteroatoms. The van der Waals surface area contributed by atoms with E-state index in [1.165, 1.54) is 0 Å². The third kappa shape index (κ3) is 4.09. The van der Waals surface area contributed by atoms with Crippen molar-refractivity contribution in [3.05, 3.63) is 41.2 Å². The van der Waals surface area contributed by atoms with Crippen LogP contribution in [0.5, 0.6) is 0 Å². The fourth-order valence-corrected chi connectivity index (χ4v) is 2.72. The summed E-state index contributed by atoms with van der Waals surface area (Å²) in [6.07, 6.45) is 2.74. The third-order valence-electron chi connectivity index (χ3n) is 4.15. The van der Waals surface area contributed by atoms with Crippen molar-refractivity contribution in [1.29, 1.82) is 0 Å². The molecular formula is C19H24N5O2-. The summed E-state index contributed by atoms with van der Waals surface area (Å²) in [4.78, 5) is 16.4. The van der Waals surface area contributed by atoms with Crippen LogP contribution in [-0.2, 0) is 6.42 Å². The van der Waals surface area contributed by atoms with Crippen molar-refractivity contribution in [2.45, 2.75) is 46.1 Å². The number of carbonyl (C=O) groups excluding carboxylic acids is 1. The Bertz CT molecular complexity index is 804. The van der Waals surface area contributed by atoms with Gasteiger partial charge in [-0.1, -0.05) is 31.2 Å². The first-order valence-corrected chi connectivity index (χ1v) is 9.07. The molecule has 0 radical (unpaired) electrons. The molecule has 1 amide bonds. The minimum atomic E-state index is -0.232. The molecular weight excluding hydrogens is 330 g/mol. The largest absolute Gasteiger partial charge is 0.858 e. The quantitative estimate of drug-likeness (QED) is 0.602. The number of hydrogen-bond donors (Lipinski definition) is 1. The summed E-state index contributed by atoms with van der Waals surface area (Å²) in [5.74, 6) is -0.0450. The standard InChI is InChI=1S/C19H25N5O2/c1-4-20-18(25)13-5-9-15(10-6-13)24-16(11-12(2)3)17(22-23-24)19(26)21-14-7-8-14/h5-6,9-10,12,14H,4,7-8,11H2,1-3H3,(H,20,25)(H,21,26)/p-1. The summed E-state index contributed by atoms with van der Waals surface area (Å²) < 4.78 is 1.69. The second kappa shape index (κ2) is 7.68. The van der Waals surface area contributed by atoms with Gasteiger partial charge in [0.1, 0.15) is 0 Å². The molecule has 138 valence electrons. The zero-order valence-corrected chi connectivity index (χ0v) is 15.4. The number of nitrogens with zero attached hydrogens (tertiary/aromatic N) is 4. The summed E-state index contributed by atoms with van der Waals surface area (Å²) in [5, 5.41) is 23.2. The second-order valence-electron chi connectivity index (χ2n) is 6.97. The highest BCUT2D eigenvalue weighted by Crippen LogP contribution is 2.21. The van der Waals surface area contributed by atoms with E-state index in [-0.39, 0.29) is 17.8 Å². The Morgan fingerprint density at radius 3 is 2.62 bits per heavy atom. The second-order valence-corrected chi connectivity index (χ2v) is 6.97. The lowest BCUT2D eigenvalue weighted by molar-refractivity contribution is -0.213. The zero-order chi connectivity index (χ0) is 18.7. The smallest absolute Gasteiger partial charge is 0.273 e. The van der Waals surface area contributed by atoms with E-state index in [1.807, 2.05) is 6.92 Å². The molecule has 7 nitrogen and oxygen atoms in total. The number of nitrogens with one attached hydrogen (secondary N) is 1. The topological polar surface area (TPSA) is 95.2 Å². The van der Waals surface area contributed by atoms with Crippen LogP contribution in [0.15, 0.2) is 29.3 Å². The molecule has 0 bridgehead atoms. The van der Waals surface area contributed by atoms with Gasteiger partial charge in [-0.15, -0.1) is 5.10 Å². The molecule has 0 aliphatic heterocycles. The number of amides is 1. The van der Waals surface area contributed by atoms with E-state index in [0.717, 1.165) is 24.2 Å². The van der Waals surface area contributed by atoms with Gasteiger partial charge in [-0.3, -0.25) is 4.79 Å². The first kappa shape index (κ1) is 18.1. The maximum atomic E-state index is 12.5. The van der Waals surface area contributed by atoms with Gasteiger partial charge >= 0.3 is 0 Å². The number of carbonyl (C=O) groups is 1. The van der Waals surface area contributed by atoms with Crippen LogP contribution < -0.4 is 10.4 Å². The molecule has 26 heavy (non-hydrogen) atoms. The van der Waals surface area contributed by atoms with E-state index in [1.54, 1.807) is 28.9 Å². The van der Waals surface area contributed by atoms with E-state index in [0.29, 0.717) is 30.1 Å². The van der Waals surface area contributed by atoms with Crippen molar-refractivity contribution in [2.75, 3.05) is 6.54 Å². The predicted octanol–water partition coefficient (Wildman–Crippen LogP) is 1.48. The van der Waals surface area contributed by atoms with Gasteiger partial charge in [0.05, 0.1) is 11.4 Å². The molecule has 1 aliphatic rings. The maximum Gasteiger partial charge on any atom is 0.273 e. The van der Waals surface area contributed by atoms with E-state index in [2.05, 4.69) is 34.5 Å². The summed E-state index contributed by atoms with van der Waals surface area (Å²) in [6, 6.07) is 7.33. The molecule has 1 heterocycles. The first-order chi connectivity index (χ1) is 12.5. The van der Waals surface area contributed by atoms with Gasteiger partial charge in [-0.2, -0.15) is 0 Å². The van der Waals surface area contributed by atoms with Crippen LogP contribution in [0.3, 0.4) is 0 Å². The monoisotopic (exact) mass is 354 g/mol. The highest BCUT2D eigenvalue weighted by Gasteiger charge is 2.28. The SMILES string of the molecule is CCN=C([O-])c1ccc(-n2nnc(C(=O)NC3CC3)c2CC(C)C)cc1. The molecule has 0 spiro atoms. The maximum absolute atomic E-state index is 12.5. The molecule has 1 saturated carbocycles. The average Bonchev–Trinajstić information content (AvgIpc) is 3.32. The van der Waals surface area contributed by atoms with Gasteiger partial charge in [0, 0.05) is 12.6 Å². The molecule has 1 N–H and O–H groups in total. The summed E-state index contributed by atoms with van der Waals surface area (Å²) in [5.41, 5.74) is 2.47. The lowest BCUT2D eigenvalue weighted by Gasteiger charge is -2.13. The van der Waals surface area contributed by atoms with Gasteiger partial charge in [-0.05, 0) is 55.7 Å². The van der Waals surface area contributed by atoms with Crippen LogP contribution in [0.2, 0.25) is 0 Å². The van der Waals surface area contributed by atoms with Crippen LogP contribution in [-0.4, -0.2) is 39.4 Å². The Kier molecular flexibility index (Phi) is 5.35. The molecule has 2 aromatic rings. The molecule has 0 atom stereocenters. The minimum absolute atomic E-state index is 0.164. The molecule has 1 aromatic heterocycles. The lowest BCUT2D eigenvalue weighted by atomic mass is 10.1. The van der Waals surface area contributed by atoms with Gasteiger partial charge in [-0.25, -0.2) is 4.68 Å². The van der Waals surface area contributed by atoms with Crippen molar-refractivity contribution in [2.24, 2.45) is 10.9 Å². The van der Waals surface area contributed by atoms with Crippen LogP contribution in [0.1, 0.15) is 55.4 Å². The van der Waals surface area contributed by atoms with Crippen molar-refractivity contribution in [3.63, 3.8) is 0 Å². The lowest BCUT2D eigenvalue weighted by Crippen LogP contribution is -2.27. The van der Waals surface area contributed by atoms with E-state index < -0.39 is 0 Å². The Labute approximate surface area is 153 Å². The average molecular weight is 354 g/mol. The van der Waals surface area contributed by atoms with E-state index in [9.17, 15) is 9.90 Å². The third-order valence-corrected chi connectivity index (χ3v) is 4.15. The number of rotatable bonds is 7. The summed E-state index contributed by atoms with van der Waals surface area (Å²) >= 11 is 0. The van der Waals surface area contributed by atoms with Crippen molar-refractivity contribution in [1.82, 2.24) is 20.3 Å². The summed E-state index contributed by atoms with van der Waals surface area (Å²) in [7, 11) is 0. The minimum Gasteiger partial charge on any atom is -0.858 e. The van der Waals surface area contributed by atoms with Crippen molar-refractivity contribution >= 4 is 11.8 Å². The fraction of sp³-hybridized carbons (Fsp3) is 0.474. The Balaban J connectivity index is 1.92. The number of aliphatic imine (C=N–C) groups is 1. The Morgan fingerprint density at radius 2 is 2.04 bits per heavy atom. The van der Waals surface area contributed by atoms with Gasteiger partial charge < -0.3 is 15.4 Å². The fourth-order valence-electron chi connectivity index (χ4n) is 2.72. The van der Waals surface area contributed by atoms with Crippen LogP contribution in [0.25, 0.3) is 5.69 Å². The van der Waals surface area contributed by atoms with Crippen LogP contribution >= 0.6 is 0 Å². The molecule has 0 unspecified atom stereocenters. The zero-order valence-electron chi connectivity index (χ0n) is 15.4. The van der Waals surface area contributed by atoms with E-state index in [4.69, 9.17) is 0 Å². The van der Waals surface area contributed by atoms with Crippen molar-refractivity contribution < 1.29 is 9.90 Å². The number of hydrogen-bond acceptors (Lipinski definition) is 5. The number of aromatic nitrogens is 3. The Morgan fingerprint density at radius 1 is 1.35 bits per heavy atom. The molecule has 1 fully saturated rings. The summed E-state index contributed by atoms with van der Waals surface area (Å²) in [6.45, 7) is 6.47. The predicted molar refractivity (Wildman–Crippen MR) is 97.5 cm³/mol. The van der Waals surface area contributed by atoms with E-state index >= 15 is 0 Å². The molecule has 1 aromatic carbocycles. The van der Waals surface area contributed by atoms with Gasteiger partial charge in [0.15, 0.2) is 5.69 Å². The normalized spacial score (nSPS) is 14.7.